The van der Waals surface area contributed by atoms with Gasteiger partial charge in [-0.25, -0.2) is 0 Å². The average molecular weight is 721 g/mol. The molecule has 0 aliphatic carbocycles. The molecule has 0 radical (unpaired) electrons. The van der Waals surface area contributed by atoms with Gasteiger partial charge in [-0.3, -0.25) is 14.4 Å². The number of carbonyl (C=O) groups is 3. The number of carbonyl (C=O) groups excluding carboxylic acids is 3. The van der Waals surface area contributed by atoms with Gasteiger partial charge in [-0.1, -0.05) is 72.8 Å². The van der Waals surface area contributed by atoms with E-state index in [2.05, 4.69) is 32.7 Å². The molecule has 11 nitrogen and oxygen atoms in total. The molecule has 1 aliphatic rings. The molecule has 1 heterocycles. The zero-order chi connectivity index (χ0) is 37.6. The molecule has 0 spiro atoms. The lowest BCUT2D eigenvalue weighted by atomic mass is 9.95. The molecule has 53 heavy (non-hydrogen) atoms. The quantitative estimate of drug-likeness (QED) is 0.125. The maximum absolute atomic E-state index is 14.3. The lowest BCUT2D eigenvalue weighted by Gasteiger charge is -2.32. The lowest BCUT2D eigenvalue weighted by molar-refractivity contribution is -0.142. The second-order valence-corrected chi connectivity index (χ2v) is 13.3. The molecule has 11 heteroatoms. The number of nitrogens with zero attached hydrogens (tertiary/aromatic N) is 1. The first-order valence-electron chi connectivity index (χ1n) is 18.2. The number of hydrogen-bond donors (Lipinski definition) is 5. The van der Waals surface area contributed by atoms with Crippen molar-refractivity contribution in [2.24, 2.45) is 0 Å². The maximum Gasteiger partial charge on any atom is 0.245 e. The number of rotatable bonds is 14. The van der Waals surface area contributed by atoms with Crippen LogP contribution < -0.4 is 36.1 Å². The number of benzene rings is 4. The van der Waals surface area contributed by atoms with Crippen LogP contribution in [0, 0.1) is 0 Å². The van der Waals surface area contributed by atoms with Crippen molar-refractivity contribution in [1.29, 1.82) is 0 Å². The smallest absolute Gasteiger partial charge is 0.245 e. The number of amides is 3. The summed E-state index contributed by atoms with van der Waals surface area (Å²) in [6, 6.07) is 29.4. The van der Waals surface area contributed by atoms with Gasteiger partial charge in [0.25, 0.3) is 0 Å². The molecule has 0 saturated carbocycles. The number of ether oxygens (including phenoxy) is 2. The molecule has 4 bridgehead atoms. The summed E-state index contributed by atoms with van der Waals surface area (Å²) in [6.07, 6.45) is 0.824. The molecule has 0 unspecified atom stereocenters. The van der Waals surface area contributed by atoms with Crippen LogP contribution in [0.2, 0.25) is 0 Å². The van der Waals surface area contributed by atoms with Gasteiger partial charge in [0.15, 0.2) is 0 Å². The van der Waals surface area contributed by atoms with Crippen molar-refractivity contribution in [3.8, 4) is 22.6 Å². The zero-order valence-electron chi connectivity index (χ0n) is 31.1. The summed E-state index contributed by atoms with van der Waals surface area (Å²) >= 11 is 0. The first-order chi connectivity index (χ1) is 25.8. The lowest BCUT2D eigenvalue weighted by Crippen LogP contribution is -2.57. The Labute approximate surface area is 312 Å². The molecule has 0 fully saturated rings. The van der Waals surface area contributed by atoms with Gasteiger partial charge in [-0.2, -0.15) is 0 Å². The topological polar surface area (TPSA) is 133 Å². The van der Waals surface area contributed by atoms with Crippen LogP contribution in [0.3, 0.4) is 0 Å². The molecule has 5 rings (SSSR count). The van der Waals surface area contributed by atoms with Crippen LogP contribution in [0.4, 0.5) is 0 Å². The highest BCUT2D eigenvalue weighted by Gasteiger charge is 2.34. The summed E-state index contributed by atoms with van der Waals surface area (Å²) in [5.74, 6) is 0.307. The van der Waals surface area contributed by atoms with E-state index in [0.29, 0.717) is 57.2 Å². The second kappa shape index (κ2) is 19.6. The van der Waals surface area contributed by atoms with E-state index >= 15 is 0 Å². The molecular formula is C42H52N6O5. The van der Waals surface area contributed by atoms with E-state index in [9.17, 15) is 14.4 Å². The van der Waals surface area contributed by atoms with Crippen molar-refractivity contribution in [3.05, 3.63) is 119 Å². The number of hydrogen-bond acceptors (Lipinski definition) is 8. The van der Waals surface area contributed by atoms with E-state index in [1.54, 1.807) is 21.1 Å². The number of nitrogens with one attached hydrogen (secondary N) is 5. The van der Waals surface area contributed by atoms with Crippen LogP contribution in [0.5, 0.6) is 11.5 Å². The van der Waals surface area contributed by atoms with Gasteiger partial charge in [-0.05, 0) is 91.8 Å². The summed E-state index contributed by atoms with van der Waals surface area (Å²) in [7, 11) is 6.97. The molecular weight excluding hydrogens is 668 g/mol. The van der Waals surface area contributed by atoms with Crippen LogP contribution in [0.15, 0.2) is 97.1 Å². The Morgan fingerprint density at radius 3 is 1.81 bits per heavy atom. The standard InChI is InChI=1S/C42H52N6O5/c1-43-20-19-35-42(51)48(4)37(41(50)46-22-21-44-2)26-34-24-32(16-18-39(34)53-28-30-13-9-6-10-14-30)31-15-17-38(52-27-29-11-7-5-8-12-29)33(23-31)25-36(45-3)40(49)47-35/h5-18,23-24,35-37,43-45H,19-22,25-28H2,1-4H3,(H,46,50)(H,47,49)/t35-,36-,37-/m0/s1. The summed E-state index contributed by atoms with van der Waals surface area (Å²) in [5.41, 5.74) is 5.46. The Hall–Kier alpha value is -5.23. The van der Waals surface area contributed by atoms with Crippen molar-refractivity contribution in [2.75, 3.05) is 47.8 Å². The van der Waals surface area contributed by atoms with Gasteiger partial charge in [-0.15, -0.1) is 0 Å². The summed E-state index contributed by atoms with van der Waals surface area (Å²) in [4.78, 5) is 43.7. The first-order valence-corrected chi connectivity index (χ1v) is 18.2. The van der Waals surface area contributed by atoms with Crippen molar-refractivity contribution in [1.82, 2.24) is 31.5 Å². The second-order valence-electron chi connectivity index (χ2n) is 13.3. The predicted octanol–water partition coefficient (Wildman–Crippen LogP) is 3.46. The van der Waals surface area contributed by atoms with E-state index in [4.69, 9.17) is 9.47 Å². The highest BCUT2D eigenvalue weighted by Crippen LogP contribution is 2.33. The fourth-order valence-electron chi connectivity index (χ4n) is 6.40. The first kappa shape index (κ1) is 39.0. The fraction of sp³-hybridized carbons (Fsp3) is 0.357. The van der Waals surface area contributed by atoms with Crippen molar-refractivity contribution < 1.29 is 23.9 Å². The van der Waals surface area contributed by atoms with Gasteiger partial charge < -0.3 is 41.0 Å². The monoisotopic (exact) mass is 720 g/mol. The SMILES string of the molecule is CNCCNC(=O)[C@@H]1Cc2cc(ccc2OCc2ccccc2)-c2ccc(OCc3ccccc3)c(c2)C[C@H](NC)C(=O)N[C@@H](CCNC)C(=O)N1C. The van der Waals surface area contributed by atoms with Crippen molar-refractivity contribution in [2.45, 2.75) is 50.6 Å². The molecule has 3 atom stereocenters. The molecule has 4 aromatic carbocycles. The van der Waals surface area contributed by atoms with Crippen molar-refractivity contribution in [3.63, 3.8) is 0 Å². The molecule has 280 valence electrons. The highest BCUT2D eigenvalue weighted by atomic mass is 16.5. The van der Waals surface area contributed by atoms with Crippen LogP contribution in [-0.2, 0) is 40.4 Å². The minimum absolute atomic E-state index is 0.183. The van der Waals surface area contributed by atoms with Crippen LogP contribution >= 0.6 is 0 Å². The third-order valence-electron chi connectivity index (χ3n) is 9.52. The van der Waals surface area contributed by atoms with Crippen LogP contribution in [0.1, 0.15) is 28.7 Å². The average Bonchev–Trinajstić information content (AvgIpc) is 3.19. The van der Waals surface area contributed by atoms with Crippen LogP contribution in [-0.4, -0.2) is 88.6 Å². The molecule has 4 aromatic rings. The summed E-state index contributed by atoms with van der Waals surface area (Å²) in [6.45, 7) is 2.13. The van der Waals surface area contributed by atoms with E-state index in [1.165, 1.54) is 4.90 Å². The predicted molar refractivity (Wildman–Crippen MR) is 208 cm³/mol. The van der Waals surface area contributed by atoms with E-state index in [0.717, 1.165) is 33.4 Å². The molecule has 5 N–H and O–H groups in total. The Bertz CT molecular complexity index is 1800. The van der Waals surface area contributed by atoms with Gasteiger partial charge in [0.05, 0.1) is 6.04 Å². The van der Waals surface area contributed by atoms with Gasteiger partial charge in [0, 0.05) is 33.0 Å². The summed E-state index contributed by atoms with van der Waals surface area (Å²) < 4.78 is 12.8. The van der Waals surface area contributed by atoms with E-state index in [1.807, 2.05) is 98.0 Å². The third kappa shape index (κ3) is 10.7. The van der Waals surface area contributed by atoms with Crippen LogP contribution in [0.25, 0.3) is 11.1 Å². The minimum atomic E-state index is -0.891. The number of fused-ring (bicyclic) bond motifs is 5. The molecule has 3 amide bonds. The van der Waals surface area contributed by atoms with Gasteiger partial charge in [0.2, 0.25) is 17.7 Å². The Morgan fingerprint density at radius 1 is 0.736 bits per heavy atom. The maximum atomic E-state index is 14.3. The van der Waals surface area contributed by atoms with Gasteiger partial charge in [0.1, 0.15) is 36.8 Å². The van der Waals surface area contributed by atoms with E-state index < -0.39 is 18.1 Å². The third-order valence-corrected chi connectivity index (χ3v) is 9.52. The molecule has 0 aromatic heterocycles. The molecule has 0 saturated heterocycles. The normalized spacial score (nSPS) is 17.7. The van der Waals surface area contributed by atoms with Gasteiger partial charge >= 0.3 is 0 Å². The Morgan fingerprint density at radius 2 is 1.28 bits per heavy atom. The molecule has 1 aliphatic heterocycles. The zero-order valence-corrected chi connectivity index (χ0v) is 31.1. The summed E-state index contributed by atoms with van der Waals surface area (Å²) in [5, 5.41) is 15.3. The number of likely N-dealkylation sites (N-methyl/N-ethyl adjacent to an activating group) is 3. The highest BCUT2D eigenvalue weighted by molar-refractivity contribution is 5.93. The largest absolute Gasteiger partial charge is 0.489 e. The van der Waals surface area contributed by atoms with E-state index in [-0.39, 0.29) is 24.1 Å². The fourth-order valence-corrected chi connectivity index (χ4v) is 6.40. The Balaban J connectivity index is 1.61. The minimum Gasteiger partial charge on any atom is -0.489 e. The van der Waals surface area contributed by atoms with Crippen molar-refractivity contribution >= 4 is 17.7 Å². The Kier molecular flexibility index (Phi) is 14.4.